The average molecular weight is 306 g/mol. The van der Waals surface area contributed by atoms with E-state index >= 15 is 0 Å². The van der Waals surface area contributed by atoms with E-state index in [-0.39, 0.29) is 0 Å². The average Bonchev–Trinajstić information content (AvgIpc) is 2.86. The van der Waals surface area contributed by atoms with Gasteiger partial charge >= 0.3 is 0 Å². The second-order valence-electron chi connectivity index (χ2n) is 5.21. The molecule has 0 aliphatic heterocycles. The summed E-state index contributed by atoms with van der Waals surface area (Å²) in [6.07, 6.45) is 4.44. The van der Waals surface area contributed by atoms with Crippen LogP contribution in [0.3, 0.4) is 0 Å². The minimum Gasteiger partial charge on any atom is -0.350 e. The fourth-order valence-corrected chi connectivity index (χ4v) is 2.89. The van der Waals surface area contributed by atoms with Crippen LogP contribution in [0.5, 0.6) is 0 Å². The molecule has 0 unspecified atom stereocenters. The Bertz CT molecular complexity index is 673. The first-order valence-corrected chi connectivity index (χ1v) is 9.03. The van der Waals surface area contributed by atoms with Gasteiger partial charge in [-0.25, -0.2) is 8.42 Å². The molecule has 114 valence electrons. The Labute approximate surface area is 126 Å². The van der Waals surface area contributed by atoms with E-state index in [1.807, 2.05) is 12.1 Å². The van der Waals surface area contributed by atoms with Crippen molar-refractivity contribution in [1.29, 1.82) is 0 Å². The van der Waals surface area contributed by atoms with E-state index in [0.29, 0.717) is 4.90 Å². The second-order valence-corrected chi connectivity index (χ2v) is 7.23. The first-order valence-electron chi connectivity index (χ1n) is 7.14. The molecule has 0 saturated heterocycles. The lowest BCUT2D eigenvalue weighted by Gasteiger charge is -2.09. The summed E-state index contributed by atoms with van der Waals surface area (Å²) in [4.78, 5) is 0.364. The van der Waals surface area contributed by atoms with Gasteiger partial charge in [0.1, 0.15) is 0 Å². The Kier molecular flexibility index (Phi) is 5.20. The van der Waals surface area contributed by atoms with Crippen molar-refractivity contribution in [3.8, 4) is 0 Å². The van der Waals surface area contributed by atoms with Gasteiger partial charge in [0, 0.05) is 37.8 Å². The van der Waals surface area contributed by atoms with Gasteiger partial charge in [-0.3, -0.25) is 0 Å². The predicted octanol–water partition coefficient (Wildman–Crippen LogP) is 2.59. The van der Waals surface area contributed by atoms with Crippen molar-refractivity contribution in [2.45, 2.75) is 37.9 Å². The van der Waals surface area contributed by atoms with Gasteiger partial charge in [0.15, 0.2) is 9.84 Å². The number of aryl methyl sites for hydroxylation is 1. The van der Waals surface area contributed by atoms with Crippen LogP contribution in [0.15, 0.2) is 47.5 Å². The number of nitrogens with zero attached hydrogens (tertiary/aromatic N) is 1. The maximum absolute atomic E-state index is 11.4. The molecule has 1 N–H and O–H groups in total. The maximum Gasteiger partial charge on any atom is 0.175 e. The smallest absolute Gasteiger partial charge is 0.175 e. The number of hydrogen-bond acceptors (Lipinski definition) is 3. The second kappa shape index (κ2) is 6.91. The van der Waals surface area contributed by atoms with E-state index in [2.05, 4.69) is 35.1 Å². The summed E-state index contributed by atoms with van der Waals surface area (Å²) >= 11 is 0. The Hall–Kier alpha value is -1.59. The van der Waals surface area contributed by atoms with E-state index in [1.165, 1.54) is 11.9 Å². The molecule has 0 aliphatic rings. The van der Waals surface area contributed by atoms with Crippen LogP contribution in [0, 0.1) is 0 Å². The molecule has 0 amide bonds. The number of benzene rings is 1. The third kappa shape index (κ3) is 4.44. The SMILES string of the molecule is CCCn1cccc1CNCc1ccc(S(C)(=O)=O)cc1. The molecule has 1 heterocycles. The van der Waals surface area contributed by atoms with E-state index in [4.69, 9.17) is 0 Å². The lowest BCUT2D eigenvalue weighted by Crippen LogP contribution is -2.15. The summed E-state index contributed by atoms with van der Waals surface area (Å²) in [5.41, 5.74) is 2.35. The van der Waals surface area contributed by atoms with Gasteiger partial charge in [0.25, 0.3) is 0 Å². The lowest BCUT2D eigenvalue weighted by molar-refractivity contribution is 0.600. The number of rotatable bonds is 7. The maximum atomic E-state index is 11.4. The van der Waals surface area contributed by atoms with Gasteiger partial charge in [0.05, 0.1) is 4.90 Å². The molecule has 1 aromatic carbocycles. The fourth-order valence-electron chi connectivity index (χ4n) is 2.26. The van der Waals surface area contributed by atoms with Crippen LogP contribution in [0.25, 0.3) is 0 Å². The predicted molar refractivity (Wildman–Crippen MR) is 84.8 cm³/mol. The van der Waals surface area contributed by atoms with Crippen LogP contribution < -0.4 is 5.32 Å². The number of sulfone groups is 1. The van der Waals surface area contributed by atoms with Crippen molar-refractivity contribution in [2.75, 3.05) is 6.26 Å². The summed E-state index contributed by atoms with van der Waals surface area (Å²) in [5.74, 6) is 0. The van der Waals surface area contributed by atoms with Gasteiger partial charge in [0.2, 0.25) is 0 Å². The van der Waals surface area contributed by atoms with Crippen LogP contribution in [0.2, 0.25) is 0 Å². The molecule has 1 aromatic heterocycles. The Morgan fingerprint density at radius 2 is 1.81 bits per heavy atom. The first-order chi connectivity index (χ1) is 10.0. The normalized spacial score (nSPS) is 11.7. The third-order valence-electron chi connectivity index (χ3n) is 3.37. The van der Waals surface area contributed by atoms with Crippen molar-refractivity contribution < 1.29 is 8.42 Å². The van der Waals surface area contributed by atoms with Gasteiger partial charge in [-0.2, -0.15) is 0 Å². The number of aromatic nitrogens is 1. The van der Waals surface area contributed by atoms with E-state index < -0.39 is 9.84 Å². The largest absolute Gasteiger partial charge is 0.350 e. The Morgan fingerprint density at radius 1 is 1.10 bits per heavy atom. The summed E-state index contributed by atoms with van der Waals surface area (Å²) in [6.45, 7) is 4.73. The minimum atomic E-state index is -3.11. The third-order valence-corrected chi connectivity index (χ3v) is 4.50. The summed E-state index contributed by atoms with van der Waals surface area (Å²) in [5, 5.41) is 3.39. The van der Waals surface area contributed by atoms with Crippen molar-refractivity contribution >= 4 is 9.84 Å². The molecular formula is C16H22N2O2S. The molecule has 21 heavy (non-hydrogen) atoms. The van der Waals surface area contributed by atoms with Crippen LogP contribution in [0.4, 0.5) is 0 Å². The number of nitrogens with one attached hydrogen (secondary N) is 1. The zero-order chi connectivity index (χ0) is 15.3. The standard InChI is InChI=1S/C16H22N2O2S/c1-3-10-18-11-4-5-15(18)13-17-12-14-6-8-16(9-7-14)21(2,19)20/h4-9,11,17H,3,10,12-13H2,1-2H3. The van der Waals surface area contributed by atoms with Gasteiger partial charge < -0.3 is 9.88 Å². The highest BCUT2D eigenvalue weighted by Gasteiger charge is 2.06. The van der Waals surface area contributed by atoms with E-state index in [1.54, 1.807) is 12.1 Å². The highest BCUT2D eigenvalue weighted by atomic mass is 32.2. The van der Waals surface area contributed by atoms with Crippen molar-refractivity contribution in [3.05, 3.63) is 53.9 Å². The molecule has 5 heteroatoms. The molecule has 0 bridgehead atoms. The van der Waals surface area contributed by atoms with Gasteiger partial charge in [-0.1, -0.05) is 19.1 Å². The van der Waals surface area contributed by atoms with E-state index in [0.717, 1.165) is 31.6 Å². The monoisotopic (exact) mass is 306 g/mol. The highest BCUT2D eigenvalue weighted by molar-refractivity contribution is 7.90. The van der Waals surface area contributed by atoms with Gasteiger partial charge in [-0.05, 0) is 36.2 Å². The van der Waals surface area contributed by atoms with Crippen molar-refractivity contribution in [2.24, 2.45) is 0 Å². The summed E-state index contributed by atoms with van der Waals surface area (Å²) < 4.78 is 25.0. The zero-order valence-corrected chi connectivity index (χ0v) is 13.4. The van der Waals surface area contributed by atoms with Crippen LogP contribution in [0.1, 0.15) is 24.6 Å². The fraction of sp³-hybridized carbons (Fsp3) is 0.375. The minimum absolute atomic E-state index is 0.364. The molecule has 0 spiro atoms. The Morgan fingerprint density at radius 3 is 2.43 bits per heavy atom. The summed E-state index contributed by atoms with van der Waals surface area (Å²) in [6, 6.07) is 11.2. The van der Waals surface area contributed by atoms with Crippen LogP contribution in [-0.4, -0.2) is 19.2 Å². The molecule has 2 aromatic rings. The first kappa shape index (κ1) is 15.8. The molecule has 0 aliphatic carbocycles. The van der Waals surface area contributed by atoms with E-state index in [9.17, 15) is 8.42 Å². The molecule has 2 rings (SSSR count). The van der Waals surface area contributed by atoms with Crippen molar-refractivity contribution in [1.82, 2.24) is 9.88 Å². The lowest BCUT2D eigenvalue weighted by atomic mass is 10.2. The van der Waals surface area contributed by atoms with Crippen molar-refractivity contribution in [3.63, 3.8) is 0 Å². The Balaban J connectivity index is 1.90. The molecule has 0 fully saturated rings. The summed E-state index contributed by atoms with van der Waals surface area (Å²) in [7, 11) is -3.11. The number of hydrogen-bond donors (Lipinski definition) is 1. The van der Waals surface area contributed by atoms with Crippen LogP contribution >= 0.6 is 0 Å². The molecular weight excluding hydrogens is 284 g/mol. The highest BCUT2D eigenvalue weighted by Crippen LogP contribution is 2.10. The zero-order valence-electron chi connectivity index (χ0n) is 12.5. The quantitative estimate of drug-likeness (QED) is 0.855. The van der Waals surface area contributed by atoms with Crippen LogP contribution in [-0.2, 0) is 29.5 Å². The topological polar surface area (TPSA) is 51.1 Å². The molecule has 0 radical (unpaired) electrons. The molecule has 0 atom stereocenters. The van der Waals surface area contributed by atoms with Gasteiger partial charge in [-0.15, -0.1) is 0 Å². The molecule has 0 saturated carbocycles. The molecule has 4 nitrogen and oxygen atoms in total.